The summed E-state index contributed by atoms with van der Waals surface area (Å²) < 4.78 is 0. The molecule has 60 valence electrons. The van der Waals surface area contributed by atoms with Crippen molar-refractivity contribution in [1.29, 1.82) is 5.41 Å². The maximum Gasteiger partial charge on any atom is 0.0952 e. The molecular formula is C8H18N2. The van der Waals surface area contributed by atoms with E-state index in [1.54, 1.807) is 0 Å². The Kier molecular flexibility index (Phi) is 4.08. The van der Waals surface area contributed by atoms with Gasteiger partial charge in [-0.3, -0.25) is 5.41 Å². The Bertz CT molecular complexity index is 106. The highest BCUT2D eigenvalue weighted by atomic mass is 15.1. The molecule has 0 rings (SSSR count). The van der Waals surface area contributed by atoms with E-state index in [1.165, 1.54) is 0 Å². The molecule has 0 atom stereocenters. The van der Waals surface area contributed by atoms with E-state index in [1.807, 2.05) is 19.0 Å². The Balaban J connectivity index is 3.40. The number of rotatable bonds is 3. The Labute approximate surface area is 63.7 Å². The minimum Gasteiger partial charge on any atom is -0.367 e. The number of nitrogens with zero attached hydrogens (tertiary/aromatic N) is 1. The maximum absolute atomic E-state index is 7.46. The fraction of sp³-hybridized carbons (Fsp3) is 0.875. The molecule has 0 aliphatic heterocycles. The first-order chi connectivity index (χ1) is 4.54. The molecule has 0 saturated heterocycles. The fourth-order valence-corrected chi connectivity index (χ4v) is 0.649. The van der Waals surface area contributed by atoms with Crippen molar-refractivity contribution in [3.8, 4) is 0 Å². The van der Waals surface area contributed by atoms with Gasteiger partial charge in [0.05, 0.1) is 5.84 Å². The lowest BCUT2D eigenvalue weighted by atomic mass is 10.1. The minimum atomic E-state index is 0.709. The highest BCUT2D eigenvalue weighted by Gasteiger charge is 2.00. The lowest BCUT2D eigenvalue weighted by Crippen LogP contribution is -2.20. The molecule has 0 bridgehead atoms. The van der Waals surface area contributed by atoms with Gasteiger partial charge in [-0.25, -0.2) is 0 Å². The van der Waals surface area contributed by atoms with Gasteiger partial charge in [0.25, 0.3) is 0 Å². The summed E-state index contributed by atoms with van der Waals surface area (Å²) in [5.74, 6) is 1.44. The SMILES string of the molecule is CC(C)CCC(=N)N(C)C. The monoisotopic (exact) mass is 142 g/mol. The first-order valence-electron chi connectivity index (χ1n) is 3.78. The number of hydrogen-bond acceptors (Lipinski definition) is 1. The summed E-state index contributed by atoms with van der Waals surface area (Å²) in [4.78, 5) is 1.86. The second-order valence-electron chi connectivity index (χ2n) is 3.27. The quantitative estimate of drug-likeness (QED) is 0.473. The second kappa shape index (κ2) is 4.31. The smallest absolute Gasteiger partial charge is 0.0952 e. The fourth-order valence-electron chi connectivity index (χ4n) is 0.649. The van der Waals surface area contributed by atoms with Crippen LogP contribution in [0.15, 0.2) is 0 Å². The summed E-state index contributed by atoms with van der Waals surface area (Å²) in [5, 5.41) is 7.46. The predicted molar refractivity (Wildman–Crippen MR) is 45.5 cm³/mol. The lowest BCUT2D eigenvalue weighted by molar-refractivity contribution is 0.549. The number of amidine groups is 1. The van der Waals surface area contributed by atoms with Crippen LogP contribution in [-0.4, -0.2) is 24.8 Å². The third kappa shape index (κ3) is 4.36. The molecule has 0 aromatic carbocycles. The van der Waals surface area contributed by atoms with Crippen LogP contribution in [0.4, 0.5) is 0 Å². The average molecular weight is 142 g/mol. The van der Waals surface area contributed by atoms with Gasteiger partial charge in [-0.1, -0.05) is 13.8 Å². The summed E-state index contributed by atoms with van der Waals surface area (Å²) in [5.41, 5.74) is 0. The van der Waals surface area contributed by atoms with Crippen molar-refractivity contribution in [2.24, 2.45) is 5.92 Å². The summed E-state index contributed by atoms with van der Waals surface area (Å²) in [7, 11) is 3.84. The van der Waals surface area contributed by atoms with Crippen LogP contribution >= 0.6 is 0 Å². The molecule has 2 heteroatoms. The molecule has 0 spiro atoms. The third-order valence-electron chi connectivity index (χ3n) is 1.50. The third-order valence-corrected chi connectivity index (χ3v) is 1.50. The molecule has 0 aliphatic carbocycles. The van der Waals surface area contributed by atoms with Gasteiger partial charge in [-0.15, -0.1) is 0 Å². The van der Waals surface area contributed by atoms with Crippen molar-refractivity contribution in [2.75, 3.05) is 14.1 Å². The van der Waals surface area contributed by atoms with E-state index in [0.717, 1.165) is 18.7 Å². The van der Waals surface area contributed by atoms with Crippen LogP contribution in [0.1, 0.15) is 26.7 Å². The van der Waals surface area contributed by atoms with Crippen molar-refractivity contribution in [2.45, 2.75) is 26.7 Å². The van der Waals surface area contributed by atoms with E-state index in [2.05, 4.69) is 13.8 Å². The molecule has 0 aromatic rings. The Morgan fingerprint density at radius 1 is 1.40 bits per heavy atom. The van der Waals surface area contributed by atoms with Crippen molar-refractivity contribution in [1.82, 2.24) is 4.90 Å². The van der Waals surface area contributed by atoms with Crippen LogP contribution in [0.3, 0.4) is 0 Å². The molecule has 0 saturated carbocycles. The van der Waals surface area contributed by atoms with Gasteiger partial charge < -0.3 is 4.90 Å². The first-order valence-corrected chi connectivity index (χ1v) is 3.78. The zero-order valence-corrected chi connectivity index (χ0v) is 7.44. The summed E-state index contributed by atoms with van der Waals surface area (Å²) in [6.07, 6.45) is 2.03. The molecule has 0 aromatic heterocycles. The minimum absolute atomic E-state index is 0.709. The highest BCUT2D eigenvalue weighted by molar-refractivity contribution is 5.78. The van der Waals surface area contributed by atoms with Crippen LogP contribution in [0.25, 0.3) is 0 Å². The molecular weight excluding hydrogens is 124 g/mol. The van der Waals surface area contributed by atoms with Gasteiger partial charge in [0.15, 0.2) is 0 Å². The molecule has 1 N–H and O–H groups in total. The van der Waals surface area contributed by atoms with Crippen LogP contribution in [0.2, 0.25) is 0 Å². The largest absolute Gasteiger partial charge is 0.367 e. The van der Waals surface area contributed by atoms with Crippen LogP contribution in [0, 0.1) is 11.3 Å². The van der Waals surface area contributed by atoms with Gasteiger partial charge >= 0.3 is 0 Å². The predicted octanol–water partition coefficient (Wildman–Crippen LogP) is 1.96. The zero-order valence-electron chi connectivity index (χ0n) is 7.44. The standard InChI is InChI=1S/C8H18N2/c1-7(2)5-6-8(9)10(3)4/h7,9H,5-6H2,1-4H3. The highest BCUT2D eigenvalue weighted by Crippen LogP contribution is 2.04. The van der Waals surface area contributed by atoms with E-state index in [0.29, 0.717) is 5.92 Å². The van der Waals surface area contributed by atoms with E-state index < -0.39 is 0 Å². The van der Waals surface area contributed by atoms with Crippen molar-refractivity contribution in [3.63, 3.8) is 0 Å². The average Bonchev–Trinajstić information content (AvgIpc) is 1.82. The van der Waals surface area contributed by atoms with Gasteiger partial charge in [0.1, 0.15) is 0 Å². The van der Waals surface area contributed by atoms with Gasteiger partial charge in [-0.2, -0.15) is 0 Å². The molecule has 0 unspecified atom stereocenters. The maximum atomic E-state index is 7.46. The zero-order chi connectivity index (χ0) is 8.15. The Morgan fingerprint density at radius 2 is 1.90 bits per heavy atom. The molecule has 0 fully saturated rings. The van der Waals surface area contributed by atoms with Crippen LogP contribution in [-0.2, 0) is 0 Å². The van der Waals surface area contributed by atoms with Crippen molar-refractivity contribution < 1.29 is 0 Å². The second-order valence-corrected chi connectivity index (χ2v) is 3.27. The first kappa shape index (κ1) is 9.47. The van der Waals surface area contributed by atoms with E-state index in [4.69, 9.17) is 5.41 Å². The van der Waals surface area contributed by atoms with Crippen LogP contribution in [0.5, 0.6) is 0 Å². The van der Waals surface area contributed by atoms with E-state index in [9.17, 15) is 0 Å². The lowest BCUT2D eigenvalue weighted by Gasteiger charge is -2.13. The number of hydrogen-bond donors (Lipinski definition) is 1. The molecule has 0 radical (unpaired) electrons. The van der Waals surface area contributed by atoms with E-state index >= 15 is 0 Å². The molecule has 2 nitrogen and oxygen atoms in total. The molecule has 0 heterocycles. The van der Waals surface area contributed by atoms with Gasteiger partial charge in [0.2, 0.25) is 0 Å². The van der Waals surface area contributed by atoms with Crippen molar-refractivity contribution >= 4 is 5.84 Å². The molecule has 10 heavy (non-hydrogen) atoms. The van der Waals surface area contributed by atoms with Crippen LogP contribution < -0.4 is 0 Å². The Hall–Kier alpha value is -0.530. The normalized spacial score (nSPS) is 10.1. The van der Waals surface area contributed by atoms with Crippen molar-refractivity contribution in [3.05, 3.63) is 0 Å². The van der Waals surface area contributed by atoms with E-state index in [-0.39, 0.29) is 0 Å². The topological polar surface area (TPSA) is 27.1 Å². The molecule has 0 amide bonds. The van der Waals surface area contributed by atoms with Gasteiger partial charge in [0, 0.05) is 20.5 Å². The summed E-state index contributed by atoms with van der Waals surface area (Å²) in [6, 6.07) is 0. The summed E-state index contributed by atoms with van der Waals surface area (Å²) >= 11 is 0. The molecule has 0 aliphatic rings. The summed E-state index contributed by atoms with van der Waals surface area (Å²) in [6.45, 7) is 4.37. The Morgan fingerprint density at radius 3 is 2.20 bits per heavy atom. The van der Waals surface area contributed by atoms with Gasteiger partial charge in [-0.05, 0) is 12.3 Å². The number of nitrogens with one attached hydrogen (secondary N) is 1.